The van der Waals surface area contributed by atoms with Crippen LogP contribution in [0.3, 0.4) is 0 Å². The van der Waals surface area contributed by atoms with Crippen LogP contribution in [0.2, 0.25) is 0 Å². The molecule has 0 aromatic heterocycles. The average Bonchev–Trinajstić information content (AvgIpc) is 3.15. The number of hydrogen-bond acceptors (Lipinski definition) is 4. The molecule has 0 saturated carbocycles. The molecule has 2 heterocycles. The molecule has 5 rings (SSSR count). The number of halogens is 1. The SMILES string of the molecule is O=C(C1Cc2ccccc2CN1S(=O)(=O)c1ccccc1)N1CCCN(c2ccc(F)cc2)CC1. The van der Waals surface area contributed by atoms with Crippen molar-refractivity contribution in [1.82, 2.24) is 9.21 Å². The summed E-state index contributed by atoms with van der Waals surface area (Å²) in [4.78, 5) is 18.0. The fourth-order valence-corrected chi connectivity index (χ4v) is 6.53. The first-order valence-electron chi connectivity index (χ1n) is 11.9. The molecule has 35 heavy (non-hydrogen) atoms. The van der Waals surface area contributed by atoms with E-state index < -0.39 is 16.1 Å². The highest BCUT2D eigenvalue weighted by atomic mass is 32.2. The second-order valence-electron chi connectivity index (χ2n) is 8.99. The number of hydrogen-bond donors (Lipinski definition) is 0. The molecule has 1 unspecified atom stereocenters. The Bertz CT molecular complexity index is 1300. The van der Waals surface area contributed by atoms with Gasteiger partial charge >= 0.3 is 0 Å². The number of anilines is 1. The number of carbonyl (C=O) groups excluding carboxylic acids is 1. The normalized spacial score (nSPS) is 19.2. The maximum atomic E-state index is 13.8. The quantitative estimate of drug-likeness (QED) is 0.556. The van der Waals surface area contributed by atoms with E-state index in [0.717, 1.165) is 29.8 Å². The predicted octanol–water partition coefficient (Wildman–Crippen LogP) is 3.68. The van der Waals surface area contributed by atoms with Crippen LogP contribution in [0.15, 0.2) is 83.8 Å². The van der Waals surface area contributed by atoms with Crippen LogP contribution >= 0.6 is 0 Å². The fourth-order valence-electron chi connectivity index (χ4n) is 4.95. The third-order valence-electron chi connectivity index (χ3n) is 6.84. The van der Waals surface area contributed by atoms with Crippen molar-refractivity contribution >= 4 is 21.6 Å². The molecule has 0 radical (unpaired) electrons. The van der Waals surface area contributed by atoms with Crippen LogP contribution in [0.5, 0.6) is 0 Å². The van der Waals surface area contributed by atoms with Gasteiger partial charge in [-0.05, 0) is 60.4 Å². The summed E-state index contributed by atoms with van der Waals surface area (Å²) >= 11 is 0. The lowest BCUT2D eigenvalue weighted by Crippen LogP contribution is -2.54. The van der Waals surface area contributed by atoms with E-state index in [4.69, 9.17) is 0 Å². The molecule has 0 bridgehead atoms. The van der Waals surface area contributed by atoms with Crippen LogP contribution in [0, 0.1) is 5.82 Å². The van der Waals surface area contributed by atoms with Gasteiger partial charge in [0.2, 0.25) is 15.9 Å². The predicted molar refractivity (Wildman–Crippen MR) is 133 cm³/mol. The maximum absolute atomic E-state index is 13.8. The van der Waals surface area contributed by atoms with Gasteiger partial charge in [-0.25, -0.2) is 12.8 Å². The van der Waals surface area contributed by atoms with Gasteiger partial charge in [-0.2, -0.15) is 4.31 Å². The molecule has 182 valence electrons. The van der Waals surface area contributed by atoms with Gasteiger partial charge in [-0.3, -0.25) is 4.79 Å². The zero-order valence-electron chi connectivity index (χ0n) is 19.4. The zero-order chi connectivity index (χ0) is 24.4. The number of carbonyl (C=O) groups is 1. The molecule has 0 aliphatic carbocycles. The molecule has 0 spiro atoms. The summed E-state index contributed by atoms with van der Waals surface area (Å²) in [6.45, 7) is 2.54. The maximum Gasteiger partial charge on any atom is 0.244 e. The van der Waals surface area contributed by atoms with Crippen molar-refractivity contribution in [2.24, 2.45) is 0 Å². The third kappa shape index (κ3) is 4.81. The van der Waals surface area contributed by atoms with Gasteiger partial charge in [0.25, 0.3) is 0 Å². The first-order valence-corrected chi connectivity index (χ1v) is 13.3. The second-order valence-corrected chi connectivity index (χ2v) is 10.9. The Labute approximate surface area is 205 Å². The average molecular weight is 494 g/mol. The monoisotopic (exact) mass is 493 g/mol. The van der Waals surface area contributed by atoms with Crippen LogP contribution in [-0.2, 0) is 27.8 Å². The van der Waals surface area contributed by atoms with Gasteiger partial charge in [-0.15, -0.1) is 0 Å². The van der Waals surface area contributed by atoms with E-state index in [2.05, 4.69) is 4.90 Å². The molecule has 6 nitrogen and oxygen atoms in total. The van der Waals surface area contributed by atoms with E-state index in [1.165, 1.54) is 16.4 Å². The first kappa shape index (κ1) is 23.5. The number of benzene rings is 3. The lowest BCUT2D eigenvalue weighted by molar-refractivity contribution is -0.135. The standard InChI is InChI=1S/C27H28FN3O3S/c28-23-11-13-24(14-12-23)29-15-6-16-30(18-17-29)27(32)26-19-21-7-4-5-8-22(21)20-31(26)35(33,34)25-9-2-1-3-10-25/h1-5,7-14,26H,6,15-20H2. The Balaban J connectivity index is 1.41. The number of rotatable bonds is 4. The van der Waals surface area contributed by atoms with Crippen molar-refractivity contribution in [3.8, 4) is 0 Å². The number of fused-ring (bicyclic) bond motifs is 1. The first-order chi connectivity index (χ1) is 16.9. The molecule has 1 atom stereocenters. The van der Waals surface area contributed by atoms with Crippen molar-refractivity contribution in [2.45, 2.75) is 30.3 Å². The minimum Gasteiger partial charge on any atom is -0.370 e. The van der Waals surface area contributed by atoms with Crippen LogP contribution < -0.4 is 4.90 Å². The summed E-state index contributed by atoms with van der Waals surface area (Å²) in [5.41, 5.74) is 2.85. The lowest BCUT2D eigenvalue weighted by Gasteiger charge is -2.37. The van der Waals surface area contributed by atoms with Gasteiger partial charge in [0.15, 0.2) is 0 Å². The molecular formula is C27H28FN3O3S. The Morgan fingerprint density at radius 2 is 1.49 bits per heavy atom. The van der Waals surface area contributed by atoms with Gasteiger partial charge in [0, 0.05) is 38.4 Å². The Morgan fingerprint density at radius 3 is 2.23 bits per heavy atom. The van der Waals surface area contributed by atoms with Crippen LogP contribution in [-0.4, -0.2) is 55.8 Å². The van der Waals surface area contributed by atoms with E-state index >= 15 is 0 Å². The number of nitrogens with zero attached hydrogens (tertiary/aromatic N) is 3. The molecule has 3 aromatic rings. The highest BCUT2D eigenvalue weighted by molar-refractivity contribution is 7.89. The van der Waals surface area contributed by atoms with Gasteiger partial charge < -0.3 is 9.80 Å². The second kappa shape index (κ2) is 9.79. The van der Waals surface area contributed by atoms with E-state index in [1.807, 2.05) is 24.3 Å². The smallest absolute Gasteiger partial charge is 0.244 e. The Hall–Kier alpha value is -3.23. The summed E-state index contributed by atoms with van der Waals surface area (Å²) in [5, 5.41) is 0. The minimum absolute atomic E-state index is 0.166. The Morgan fingerprint density at radius 1 is 0.800 bits per heavy atom. The highest BCUT2D eigenvalue weighted by Gasteiger charge is 2.41. The largest absolute Gasteiger partial charge is 0.370 e. The molecule has 8 heteroatoms. The van der Waals surface area contributed by atoms with Crippen LogP contribution in [0.4, 0.5) is 10.1 Å². The summed E-state index contributed by atoms with van der Waals surface area (Å²) in [5.74, 6) is -0.447. The van der Waals surface area contributed by atoms with Gasteiger partial charge in [0.1, 0.15) is 11.9 Å². The van der Waals surface area contributed by atoms with Gasteiger partial charge in [-0.1, -0.05) is 42.5 Å². The van der Waals surface area contributed by atoms with E-state index in [1.54, 1.807) is 47.4 Å². The summed E-state index contributed by atoms with van der Waals surface area (Å²) < 4.78 is 42.0. The van der Waals surface area contributed by atoms with E-state index in [9.17, 15) is 17.6 Å². The summed E-state index contributed by atoms with van der Waals surface area (Å²) in [6, 6.07) is 21.6. The molecule has 3 aromatic carbocycles. The number of amides is 1. The molecular weight excluding hydrogens is 465 g/mol. The zero-order valence-corrected chi connectivity index (χ0v) is 20.2. The molecule has 1 saturated heterocycles. The molecule has 1 amide bonds. The molecule has 0 N–H and O–H groups in total. The fraction of sp³-hybridized carbons (Fsp3) is 0.296. The number of sulfonamides is 1. The lowest BCUT2D eigenvalue weighted by atomic mass is 9.95. The topological polar surface area (TPSA) is 60.9 Å². The molecule has 2 aliphatic rings. The molecule has 2 aliphatic heterocycles. The Kier molecular flexibility index (Phi) is 6.58. The molecule has 1 fully saturated rings. The van der Waals surface area contributed by atoms with Crippen molar-refractivity contribution in [3.63, 3.8) is 0 Å². The van der Waals surface area contributed by atoms with E-state index in [0.29, 0.717) is 26.1 Å². The van der Waals surface area contributed by atoms with Crippen molar-refractivity contribution in [2.75, 3.05) is 31.1 Å². The van der Waals surface area contributed by atoms with Gasteiger partial charge in [0.05, 0.1) is 4.90 Å². The summed E-state index contributed by atoms with van der Waals surface area (Å²) in [7, 11) is -3.86. The van der Waals surface area contributed by atoms with Crippen LogP contribution in [0.25, 0.3) is 0 Å². The highest BCUT2D eigenvalue weighted by Crippen LogP contribution is 2.30. The summed E-state index contributed by atoms with van der Waals surface area (Å²) in [6.07, 6.45) is 1.09. The van der Waals surface area contributed by atoms with E-state index in [-0.39, 0.29) is 23.2 Å². The van der Waals surface area contributed by atoms with Crippen LogP contribution in [0.1, 0.15) is 17.5 Å². The third-order valence-corrected chi connectivity index (χ3v) is 8.71. The van der Waals surface area contributed by atoms with Crippen molar-refractivity contribution < 1.29 is 17.6 Å². The van der Waals surface area contributed by atoms with Crippen molar-refractivity contribution in [1.29, 1.82) is 0 Å². The van der Waals surface area contributed by atoms with Crippen molar-refractivity contribution in [3.05, 3.63) is 95.8 Å². The minimum atomic E-state index is -3.86.